The van der Waals surface area contributed by atoms with Gasteiger partial charge in [-0.3, -0.25) is 4.98 Å². The molecule has 20 heavy (non-hydrogen) atoms. The maximum atomic E-state index is 5.78. The van der Waals surface area contributed by atoms with Gasteiger partial charge in [0.15, 0.2) is 5.82 Å². The molecule has 0 spiro atoms. The number of aromatic nitrogens is 3. The van der Waals surface area contributed by atoms with E-state index in [1.807, 2.05) is 32.2 Å². The van der Waals surface area contributed by atoms with Crippen molar-refractivity contribution < 1.29 is 0 Å². The molecule has 5 nitrogen and oxygen atoms in total. The fourth-order valence-electron chi connectivity index (χ4n) is 1.90. The van der Waals surface area contributed by atoms with Gasteiger partial charge in [-0.25, -0.2) is 0 Å². The minimum absolute atomic E-state index is 0.337. The van der Waals surface area contributed by atoms with Crippen molar-refractivity contribution in [2.75, 3.05) is 11.9 Å². The molecular formula is C14H17N5S. The van der Waals surface area contributed by atoms with Crippen LogP contribution in [0.1, 0.15) is 22.4 Å². The average molecular weight is 287 g/mol. The fourth-order valence-corrected chi connectivity index (χ4v) is 2.15. The molecule has 0 aliphatic heterocycles. The van der Waals surface area contributed by atoms with Gasteiger partial charge in [0.25, 0.3) is 0 Å². The quantitative estimate of drug-likeness (QED) is 0.816. The maximum Gasteiger partial charge on any atom is 0.159 e. The average Bonchev–Trinajstić information content (AvgIpc) is 2.43. The number of pyridine rings is 1. The minimum atomic E-state index is 0.337. The Bertz CT molecular complexity index is 612. The molecule has 2 aromatic rings. The van der Waals surface area contributed by atoms with Crippen molar-refractivity contribution in [1.82, 2.24) is 15.2 Å². The molecule has 0 amide bonds. The minimum Gasteiger partial charge on any atom is -0.389 e. The van der Waals surface area contributed by atoms with Crippen molar-refractivity contribution in [3.05, 3.63) is 46.9 Å². The first kappa shape index (κ1) is 14.3. The molecule has 3 N–H and O–H groups in total. The van der Waals surface area contributed by atoms with Crippen LogP contribution in [0.4, 0.5) is 5.82 Å². The Balaban J connectivity index is 2.10. The van der Waals surface area contributed by atoms with E-state index >= 15 is 0 Å². The van der Waals surface area contributed by atoms with E-state index in [1.165, 1.54) is 0 Å². The molecule has 0 aliphatic rings. The second kappa shape index (κ2) is 6.38. The summed E-state index contributed by atoms with van der Waals surface area (Å²) in [7, 11) is 0. The van der Waals surface area contributed by atoms with Crippen LogP contribution in [0, 0.1) is 13.8 Å². The number of nitrogens with zero attached hydrogens (tertiary/aromatic N) is 3. The third-order valence-corrected chi connectivity index (χ3v) is 3.33. The lowest BCUT2D eigenvalue weighted by Gasteiger charge is -2.13. The molecule has 0 bridgehead atoms. The van der Waals surface area contributed by atoms with Crippen molar-refractivity contribution in [2.45, 2.75) is 20.3 Å². The molecule has 0 radical (unpaired) electrons. The normalized spacial score (nSPS) is 10.3. The third kappa shape index (κ3) is 3.27. The molecule has 0 atom stereocenters. The van der Waals surface area contributed by atoms with Gasteiger partial charge < -0.3 is 11.1 Å². The van der Waals surface area contributed by atoms with E-state index in [0.29, 0.717) is 10.8 Å². The Hall–Kier alpha value is -2.08. The highest BCUT2D eigenvalue weighted by molar-refractivity contribution is 7.80. The molecule has 0 aromatic carbocycles. The summed E-state index contributed by atoms with van der Waals surface area (Å²) in [5, 5.41) is 11.5. The lowest BCUT2D eigenvalue weighted by molar-refractivity contribution is 0.927. The molecule has 0 saturated carbocycles. The van der Waals surface area contributed by atoms with Gasteiger partial charge in [0.2, 0.25) is 0 Å². The lowest BCUT2D eigenvalue weighted by Crippen LogP contribution is -2.19. The van der Waals surface area contributed by atoms with Gasteiger partial charge in [0, 0.05) is 18.9 Å². The number of anilines is 1. The summed E-state index contributed by atoms with van der Waals surface area (Å²) >= 11 is 5.10. The van der Waals surface area contributed by atoms with Crippen LogP contribution in [-0.4, -0.2) is 26.7 Å². The number of hydrogen-bond acceptors (Lipinski definition) is 5. The van der Waals surface area contributed by atoms with Crippen molar-refractivity contribution in [3.63, 3.8) is 0 Å². The molecule has 2 heterocycles. The van der Waals surface area contributed by atoms with Crippen LogP contribution in [0.25, 0.3) is 0 Å². The zero-order valence-electron chi connectivity index (χ0n) is 11.6. The van der Waals surface area contributed by atoms with Gasteiger partial charge in [-0.15, -0.1) is 5.10 Å². The molecule has 0 unspecified atom stereocenters. The molecule has 6 heteroatoms. The first-order valence-corrected chi connectivity index (χ1v) is 6.77. The predicted octanol–water partition coefficient (Wildman–Crippen LogP) is 1.78. The Kier molecular flexibility index (Phi) is 4.57. The first-order chi connectivity index (χ1) is 9.59. The van der Waals surface area contributed by atoms with Crippen LogP contribution in [-0.2, 0) is 6.42 Å². The van der Waals surface area contributed by atoms with E-state index in [0.717, 1.165) is 35.3 Å². The Morgan fingerprint density at radius 3 is 2.80 bits per heavy atom. The summed E-state index contributed by atoms with van der Waals surface area (Å²) in [4.78, 5) is 4.42. The largest absolute Gasteiger partial charge is 0.389 e. The predicted molar refractivity (Wildman–Crippen MR) is 83.8 cm³/mol. The number of nitrogens with two attached hydrogens (primary N) is 1. The Labute approximate surface area is 123 Å². The zero-order chi connectivity index (χ0) is 14.5. The molecule has 2 aromatic heterocycles. The van der Waals surface area contributed by atoms with Crippen LogP contribution in [0.15, 0.2) is 24.5 Å². The monoisotopic (exact) mass is 287 g/mol. The summed E-state index contributed by atoms with van der Waals surface area (Å²) in [5.41, 5.74) is 9.53. The van der Waals surface area contributed by atoms with Crippen LogP contribution in [0.5, 0.6) is 0 Å². The highest BCUT2D eigenvalue weighted by Crippen LogP contribution is 2.18. The third-order valence-electron chi connectivity index (χ3n) is 3.13. The highest BCUT2D eigenvalue weighted by Gasteiger charge is 2.13. The van der Waals surface area contributed by atoms with E-state index < -0.39 is 0 Å². The van der Waals surface area contributed by atoms with Crippen molar-refractivity contribution >= 4 is 23.0 Å². The van der Waals surface area contributed by atoms with Gasteiger partial charge >= 0.3 is 0 Å². The van der Waals surface area contributed by atoms with E-state index in [4.69, 9.17) is 18.0 Å². The van der Waals surface area contributed by atoms with E-state index in [2.05, 4.69) is 20.5 Å². The van der Waals surface area contributed by atoms with Crippen LogP contribution < -0.4 is 11.1 Å². The van der Waals surface area contributed by atoms with Crippen molar-refractivity contribution in [1.29, 1.82) is 0 Å². The SMILES string of the molecule is Cc1nnc(NCCc2cccnc2)c(C(N)=S)c1C. The summed E-state index contributed by atoms with van der Waals surface area (Å²) in [6.45, 7) is 4.56. The van der Waals surface area contributed by atoms with Gasteiger partial charge in [-0.2, -0.15) is 5.10 Å². The van der Waals surface area contributed by atoms with Crippen LogP contribution in [0.3, 0.4) is 0 Å². The lowest BCUT2D eigenvalue weighted by atomic mass is 10.1. The molecule has 2 rings (SSSR count). The standard InChI is InChI=1S/C14H17N5S/c1-9-10(2)18-19-14(12(9)13(15)20)17-7-5-11-4-3-6-16-8-11/h3-4,6,8H,5,7H2,1-2H3,(H2,15,20)(H,17,19). The molecule has 104 valence electrons. The molecular weight excluding hydrogens is 270 g/mol. The van der Waals surface area contributed by atoms with Crippen molar-refractivity contribution in [3.8, 4) is 0 Å². The summed E-state index contributed by atoms with van der Waals surface area (Å²) in [6, 6.07) is 3.96. The Morgan fingerprint density at radius 2 is 2.15 bits per heavy atom. The summed E-state index contributed by atoms with van der Waals surface area (Å²) in [6.07, 6.45) is 4.46. The number of hydrogen-bond donors (Lipinski definition) is 2. The Morgan fingerprint density at radius 1 is 1.35 bits per heavy atom. The maximum absolute atomic E-state index is 5.78. The zero-order valence-corrected chi connectivity index (χ0v) is 12.4. The molecule has 0 saturated heterocycles. The van der Waals surface area contributed by atoms with Crippen molar-refractivity contribution in [2.24, 2.45) is 5.73 Å². The molecule has 0 aliphatic carbocycles. The van der Waals surface area contributed by atoms with Gasteiger partial charge in [0.05, 0.1) is 11.3 Å². The molecule has 0 fully saturated rings. The second-order valence-corrected chi connectivity index (χ2v) is 4.98. The van der Waals surface area contributed by atoms with Crippen LogP contribution in [0.2, 0.25) is 0 Å². The van der Waals surface area contributed by atoms with E-state index in [1.54, 1.807) is 6.20 Å². The smallest absolute Gasteiger partial charge is 0.159 e. The van der Waals surface area contributed by atoms with Gasteiger partial charge in [0.1, 0.15) is 4.99 Å². The van der Waals surface area contributed by atoms with Gasteiger partial charge in [-0.05, 0) is 37.5 Å². The number of thiocarbonyl (C=S) groups is 1. The number of aryl methyl sites for hydroxylation is 1. The number of nitrogens with one attached hydrogen (secondary N) is 1. The first-order valence-electron chi connectivity index (χ1n) is 6.36. The van der Waals surface area contributed by atoms with E-state index in [-0.39, 0.29) is 0 Å². The summed E-state index contributed by atoms with van der Waals surface area (Å²) in [5.74, 6) is 0.643. The second-order valence-electron chi connectivity index (χ2n) is 4.54. The topological polar surface area (TPSA) is 76.7 Å². The highest BCUT2D eigenvalue weighted by atomic mass is 32.1. The number of rotatable bonds is 5. The van der Waals surface area contributed by atoms with E-state index in [9.17, 15) is 0 Å². The fraction of sp³-hybridized carbons (Fsp3) is 0.286. The van der Waals surface area contributed by atoms with Crippen LogP contribution >= 0.6 is 12.2 Å². The summed E-state index contributed by atoms with van der Waals surface area (Å²) < 4.78 is 0. The van der Waals surface area contributed by atoms with Gasteiger partial charge in [-0.1, -0.05) is 18.3 Å².